The van der Waals surface area contributed by atoms with Crippen molar-refractivity contribution < 1.29 is 9.90 Å². The Morgan fingerprint density at radius 3 is 2.52 bits per heavy atom. The molecule has 2 unspecified atom stereocenters. The molecule has 21 heavy (non-hydrogen) atoms. The van der Waals surface area contributed by atoms with Gasteiger partial charge in [0.15, 0.2) is 0 Å². The molecule has 2 atom stereocenters. The molecule has 1 aliphatic heterocycles. The van der Waals surface area contributed by atoms with Crippen molar-refractivity contribution in [2.45, 2.75) is 29.6 Å². The zero-order chi connectivity index (χ0) is 14.9. The third-order valence-electron chi connectivity index (χ3n) is 4.47. The number of fused-ring (bicyclic) bond motifs is 1. The Morgan fingerprint density at radius 2 is 1.81 bits per heavy atom. The summed E-state index contributed by atoms with van der Waals surface area (Å²) in [4.78, 5) is 13.3. The molecule has 2 aromatic carbocycles. The lowest BCUT2D eigenvalue weighted by atomic mass is 9.67. The van der Waals surface area contributed by atoms with Gasteiger partial charge in [-0.1, -0.05) is 48.5 Å². The molecule has 0 saturated carbocycles. The molecule has 0 bridgehead atoms. The fraction of sp³-hybridized carbons (Fsp3) is 0.278. The Bertz CT molecular complexity index is 653. The Kier molecular flexibility index (Phi) is 3.77. The number of carboxylic acid groups (broad SMARTS) is 1. The molecule has 2 nitrogen and oxygen atoms in total. The number of hydrogen-bond donors (Lipinski definition) is 1. The standard InChI is InChI=1S/C18H18O2S/c1-18(17(19)20,13-7-3-2-4-8-13)15-11-12-21-16-10-6-5-9-14(15)16/h2-10,15H,11-12H2,1H3,(H,19,20). The second-order valence-electron chi connectivity index (χ2n) is 5.60. The number of hydrogen-bond acceptors (Lipinski definition) is 2. The minimum atomic E-state index is -0.891. The maximum Gasteiger partial charge on any atom is 0.314 e. The van der Waals surface area contributed by atoms with Crippen LogP contribution in [0.25, 0.3) is 0 Å². The molecule has 0 aliphatic carbocycles. The summed E-state index contributed by atoms with van der Waals surface area (Å²) in [7, 11) is 0. The predicted octanol–water partition coefficient (Wildman–Crippen LogP) is 4.31. The summed E-state index contributed by atoms with van der Waals surface area (Å²) >= 11 is 1.82. The molecule has 2 aromatic rings. The summed E-state index contributed by atoms with van der Waals surface area (Å²) in [6, 6.07) is 17.8. The molecule has 3 heteroatoms. The van der Waals surface area contributed by atoms with Crippen LogP contribution in [0.2, 0.25) is 0 Å². The lowest BCUT2D eigenvalue weighted by molar-refractivity contribution is -0.144. The molecule has 0 spiro atoms. The maximum absolute atomic E-state index is 12.1. The molecular formula is C18H18O2S. The zero-order valence-corrected chi connectivity index (χ0v) is 12.8. The van der Waals surface area contributed by atoms with Crippen molar-refractivity contribution in [2.24, 2.45) is 0 Å². The van der Waals surface area contributed by atoms with Crippen molar-refractivity contribution in [1.82, 2.24) is 0 Å². The minimum Gasteiger partial charge on any atom is -0.481 e. The molecule has 0 amide bonds. The van der Waals surface area contributed by atoms with Crippen LogP contribution in [0, 0.1) is 0 Å². The van der Waals surface area contributed by atoms with Gasteiger partial charge < -0.3 is 5.11 Å². The van der Waals surface area contributed by atoms with Crippen LogP contribution in [0.5, 0.6) is 0 Å². The van der Waals surface area contributed by atoms with Gasteiger partial charge in [-0.15, -0.1) is 11.8 Å². The number of rotatable bonds is 3. The van der Waals surface area contributed by atoms with Gasteiger partial charge in [-0.05, 0) is 36.3 Å². The molecule has 108 valence electrons. The van der Waals surface area contributed by atoms with E-state index in [1.165, 1.54) is 10.5 Å². The van der Waals surface area contributed by atoms with Crippen molar-refractivity contribution in [3.05, 3.63) is 65.7 Å². The van der Waals surface area contributed by atoms with Gasteiger partial charge in [0, 0.05) is 10.8 Å². The van der Waals surface area contributed by atoms with Crippen LogP contribution in [-0.2, 0) is 10.2 Å². The van der Waals surface area contributed by atoms with Gasteiger partial charge in [-0.25, -0.2) is 0 Å². The second-order valence-corrected chi connectivity index (χ2v) is 6.74. The smallest absolute Gasteiger partial charge is 0.314 e. The van der Waals surface area contributed by atoms with E-state index >= 15 is 0 Å². The predicted molar refractivity (Wildman–Crippen MR) is 86.0 cm³/mol. The lowest BCUT2D eigenvalue weighted by Gasteiger charge is -2.38. The van der Waals surface area contributed by atoms with Crippen molar-refractivity contribution in [2.75, 3.05) is 5.75 Å². The van der Waals surface area contributed by atoms with Crippen LogP contribution < -0.4 is 0 Å². The Hall–Kier alpha value is -1.74. The minimum absolute atomic E-state index is 0.00912. The van der Waals surface area contributed by atoms with E-state index in [-0.39, 0.29) is 5.92 Å². The maximum atomic E-state index is 12.1. The second kappa shape index (κ2) is 5.57. The highest BCUT2D eigenvalue weighted by Gasteiger charge is 2.45. The van der Waals surface area contributed by atoms with Gasteiger partial charge in [-0.3, -0.25) is 4.79 Å². The van der Waals surface area contributed by atoms with Crippen LogP contribution in [-0.4, -0.2) is 16.8 Å². The van der Waals surface area contributed by atoms with E-state index in [1.807, 2.05) is 61.2 Å². The topological polar surface area (TPSA) is 37.3 Å². The van der Waals surface area contributed by atoms with E-state index in [2.05, 4.69) is 12.1 Å². The molecule has 0 aromatic heterocycles. The summed E-state index contributed by atoms with van der Waals surface area (Å²) < 4.78 is 0. The van der Waals surface area contributed by atoms with E-state index in [4.69, 9.17) is 0 Å². The average molecular weight is 298 g/mol. The third kappa shape index (κ3) is 2.36. The fourth-order valence-electron chi connectivity index (χ4n) is 3.20. The Morgan fingerprint density at radius 1 is 1.14 bits per heavy atom. The van der Waals surface area contributed by atoms with E-state index < -0.39 is 11.4 Å². The highest BCUT2D eigenvalue weighted by atomic mass is 32.2. The Labute approximate surface area is 129 Å². The molecular weight excluding hydrogens is 280 g/mol. The highest BCUT2D eigenvalue weighted by Crippen LogP contribution is 2.48. The van der Waals surface area contributed by atoms with E-state index in [0.29, 0.717) is 0 Å². The fourth-order valence-corrected chi connectivity index (χ4v) is 4.33. The van der Waals surface area contributed by atoms with E-state index in [9.17, 15) is 9.90 Å². The molecule has 3 rings (SSSR count). The van der Waals surface area contributed by atoms with Crippen molar-refractivity contribution >= 4 is 17.7 Å². The van der Waals surface area contributed by atoms with Crippen LogP contribution in [0.3, 0.4) is 0 Å². The molecule has 0 radical (unpaired) electrons. The van der Waals surface area contributed by atoms with Crippen molar-refractivity contribution in [1.29, 1.82) is 0 Å². The molecule has 1 N–H and O–H groups in total. The van der Waals surface area contributed by atoms with Gasteiger partial charge in [0.25, 0.3) is 0 Å². The largest absolute Gasteiger partial charge is 0.481 e. The summed E-state index contributed by atoms with van der Waals surface area (Å²) in [5.74, 6) is 0.229. The van der Waals surface area contributed by atoms with Gasteiger partial charge in [0.05, 0.1) is 5.41 Å². The molecule has 1 heterocycles. The van der Waals surface area contributed by atoms with Crippen LogP contribution in [0.1, 0.15) is 30.4 Å². The average Bonchev–Trinajstić information content (AvgIpc) is 2.54. The van der Waals surface area contributed by atoms with Crippen molar-refractivity contribution in [3.63, 3.8) is 0 Å². The first-order valence-corrected chi connectivity index (χ1v) is 8.13. The van der Waals surface area contributed by atoms with Gasteiger partial charge in [0.1, 0.15) is 0 Å². The number of benzene rings is 2. The summed E-state index contributed by atoms with van der Waals surface area (Å²) in [6.45, 7) is 1.86. The first-order valence-electron chi connectivity index (χ1n) is 7.14. The van der Waals surface area contributed by atoms with Crippen LogP contribution in [0.15, 0.2) is 59.5 Å². The third-order valence-corrected chi connectivity index (χ3v) is 5.60. The van der Waals surface area contributed by atoms with E-state index in [1.54, 1.807) is 0 Å². The zero-order valence-electron chi connectivity index (χ0n) is 12.0. The lowest BCUT2D eigenvalue weighted by Crippen LogP contribution is -2.40. The first kappa shape index (κ1) is 14.2. The van der Waals surface area contributed by atoms with Crippen LogP contribution in [0.4, 0.5) is 0 Å². The molecule has 1 aliphatic rings. The number of carboxylic acids is 1. The monoisotopic (exact) mass is 298 g/mol. The number of thioether (sulfide) groups is 1. The quantitative estimate of drug-likeness (QED) is 0.917. The highest BCUT2D eigenvalue weighted by molar-refractivity contribution is 7.99. The molecule has 0 saturated heterocycles. The molecule has 0 fully saturated rings. The normalized spacial score (nSPS) is 20.3. The van der Waals surface area contributed by atoms with Gasteiger partial charge in [0.2, 0.25) is 0 Å². The SMILES string of the molecule is CC(C(=O)O)(c1ccccc1)C1CCSc2ccccc21. The summed E-state index contributed by atoms with van der Waals surface area (Å²) in [6.07, 6.45) is 0.888. The Balaban J connectivity index is 2.14. The first-order chi connectivity index (χ1) is 10.1. The van der Waals surface area contributed by atoms with Gasteiger partial charge >= 0.3 is 5.97 Å². The number of carbonyl (C=O) groups is 1. The summed E-state index contributed by atoms with van der Waals surface area (Å²) in [5.41, 5.74) is 1.16. The van der Waals surface area contributed by atoms with Crippen LogP contribution >= 0.6 is 11.8 Å². The van der Waals surface area contributed by atoms with E-state index in [0.717, 1.165) is 17.7 Å². The number of aliphatic carboxylic acids is 1. The summed E-state index contributed by atoms with van der Waals surface area (Å²) in [5, 5.41) is 9.96. The van der Waals surface area contributed by atoms with Crippen molar-refractivity contribution in [3.8, 4) is 0 Å². The van der Waals surface area contributed by atoms with Gasteiger partial charge in [-0.2, -0.15) is 0 Å².